The number of nitrogens with one attached hydrogen (secondary N) is 1. The minimum absolute atomic E-state index is 0.154. The molecule has 0 bridgehead atoms. The van der Waals surface area contributed by atoms with Crippen molar-refractivity contribution in [3.63, 3.8) is 0 Å². The van der Waals surface area contributed by atoms with Gasteiger partial charge in [-0.3, -0.25) is 4.79 Å². The first-order chi connectivity index (χ1) is 18.1. The smallest absolute Gasteiger partial charge is 0.219 e. The van der Waals surface area contributed by atoms with E-state index in [1.807, 2.05) is 0 Å². The highest BCUT2D eigenvalue weighted by atomic mass is 16.5. The van der Waals surface area contributed by atoms with E-state index in [9.17, 15) is 15.0 Å². The van der Waals surface area contributed by atoms with E-state index in [2.05, 4.69) is 24.1 Å². The summed E-state index contributed by atoms with van der Waals surface area (Å²) in [4.78, 5) is 14.3. The molecule has 0 rings (SSSR count). The van der Waals surface area contributed by atoms with Gasteiger partial charge in [-0.15, -0.1) is 0 Å². The van der Waals surface area contributed by atoms with E-state index in [0.29, 0.717) is 19.5 Å². The Morgan fingerprint density at radius 1 is 0.703 bits per heavy atom. The minimum Gasteiger partial charge on any atom is -0.394 e. The van der Waals surface area contributed by atoms with Crippen LogP contribution in [0.15, 0.2) is 0 Å². The van der Waals surface area contributed by atoms with Gasteiger partial charge in [0.25, 0.3) is 0 Å². The number of aliphatic hydroxyl groups is 2. The van der Waals surface area contributed by atoms with Gasteiger partial charge in [-0.05, 0) is 32.2 Å². The van der Waals surface area contributed by atoms with Gasteiger partial charge < -0.3 is 25.2 Å². The van der Waals surface area contributed by atoms with Crippen LogP contribution in [0.25, 0.3) is 0 Å². The van der Waals surface area contributed by atoms with Crippen LogP contribution in [0, 0.1) is 0 Å². The minimum atomic E-state index is -0.723. The molecule has 0 aromatic rings. The molecule has 0 saturated carbocycles. The maximum atomic E-state index is 12.1. The molecule has 0 aliphatic carbocycles. The zero-order valence-electron chi connectivity index (χ0n) is 24.8. The van der Waals surface area contributed by atoms with Gasteiger partial charge in [-0.2, -0.15) is 0 Å². The van der Waals surface area contributed by atoms with Gasteiger partial charge in [0.1, 0.15) is 0 Å². The highest BCUT2D eigenvalue weighted by Crippen LogP contribution is 2.12. The fourth-order valence-corrected chi connectivity index (χ4v) is 4.70. The van der Waals surface area contributed by atoms with Crippen LogP contribution in [-0.4, -0.2) is 73.1 Å². The summed E-state index contributed by atoms with van der Waals surface area (Å²) in [5, 5.41) is 22.1. The number of carbonyl (C=O) groups excluding carboxylic acids is 1. The molecule has 1 unspecified atom stereocenters. The van der Waals surface area contributed by atoms with Crippen LogP contribution in [0.1, 0.15) is 142 Å². The van der Waals surface area contributed by atoms with E-state index in [-0.39, 0.29) is 12.5 Å². The molecule has 0 aliphatic heterocycles. The maximum absolute atomic E-state index is 12.1. The molecule has 222 valence electrons. The average Bonchev–Trinajstić information content (AvgIpc) is 2.90. The van der Waals surface area contributed by atoms with Crippen LogP contribution in [0.5, 0.6) is 0 Å². The molecular weight excluding hydrogens is 464 g/mol. The standard InChI is InChI=1S/C31H64N2O4/c1-3-5-7-9-11-12-13-14-15-16-18-22-31(36)32-23-20-24-33(28-30(35)29-34)25-21-27-37-26-19-17-10-8-6-4-2/h30,34-35H,3-29H2,1-2H3,(H,32,36). The Morgan fingerprint density at radius 3 is 1.76 bits per heavy atom. The van der Waals surface area contributed by atoms with Gasteiger partial charge in [-0.1, -0.05) is 110 Å². The summed E-state index contributed by atoms with van der Waals surface area (Å²) in [6.07, 6.45) is 23.5. The average molecular weight is 529 g/mol. The Labute approximate surface area is 230 Å². The molecule has 6 nitrogen and oxygen atoms in total. The molecule has 3 N–H and O–H groups in total. The highest BCUT2D eigenvalue weighted by Gasteiger charge is 2.11. The molecule has 0 fully saturated rings. The Kier molecular flexibility index (Phi) is 29.3. The predicted molar refractivity (Wildman–Crippen MR) is 157 cm³/mol. The Balaban J connectivity index is 3.72. The van der Waals surface area contributed by atoms with Crippen LogP contribution in [0.4, 0.5) is 0 Å². The van der Waals surface area contributed by atoms with Crippen molar-refractivity contribution in [3.05, 3.63) is 0 Å². The monoisotopic (exact) mass is 528 g/mol. The fraction of sp³-hybridized carbons (Fsp3) is 0.968. The van der Waals surface area contributed by atoms with E-state index in [1.54, 1.807) is 0 Å². The van der Waals surface area contributed by atoms with Gasteiger partial charge in [0, 0.05) is 39.3 Å². The van der Waals surface area contributed by atoms with Crippen LogP contribution in [0.3, 0.4) is 0 Å². The number of nitrogens with zero attached hydrogens (tertiary/aromatic N) is 1. The maximum Gasteiger partial charge on any atom is 0.219 e. The van der Waals surface area contributed by atoms with Crippen molar-refractivity contribution in [2.24, 2.45) is 0 Å². The number of hydrogen-bond donors (Lipinski definition) is 3. The Hall–Kier alpha value is -0.690. The lowest BCUT2D eigenvalue weighted by Gasteiger charge is -2.24. The van der Waals surface area contributed by atoms with E-state index in [0.717, 1.165) is 58.4 Å². The van der Waals surface area contributed by atoms with E-state index >= 15 is 0 Å². The van der Waals surface area contributed by atoms with E-state index in [1.165, 1.54) is 89.9 Å². The zero-order chi connectivity index (χ0) is 27.2. The third kappa shape index (κ3) is 28.1. The largest absolute Gasteiger partial charge is 0.394 e. The molecule has 0 aromatic carbocycles. The van der Waals surface area contributed by atoms with Crippen molar-refractivity contribution in [1.82, 2.24) is 10.2 Å². The molecular formula is C31H64N2O4. The number of amides is 1. The normalized spacial score (nSPS) is 12.4. The van der Waals surface area contributed by atoms with Gasteiger partial charge in [0.15, 0.2) is 0 Å². The number of rotatable bonds is 30. The SMILES string of the molecule is CCCCCCCCCCCCCC(=O)NCCCN(CCCOCCCCCCCC)CC(O)CO. The number of hydrogen-bond acceptors (Lipinski definition) is 5. The highest BCUT2D eigenvalue weighted by molar-refractivity contribution is 5.75. The second-order valence-electron chi connectivity index (χ2n) is 10.9. The van der Waals surface area contributed by atoms with Gasteiger partial charge in [-0.25, -0.2) is 0 Å². The summed E-state index contributed by atoms with van der Waals surface area (Å²) in [5.41, 5.74) is 0. The van der Waals surface area contributed by atoms with Crippen molar-refractivity contribution in [2.75, 3.05) is 46.0 Å². The first-order valence-corrected chi connectivity index (χ1v) is 16.0. The van der Waals surface area contributed by atoms with Gasteiger partial charge in [0.05, 0.1) is 12.7 Å². The van der Waals surface area contributed by atoms with Crippen LogP contribution in [-0.2, 0) is 9.53 Å². The molecule has 0 spiro atoms. The summed E-state index contributed by atoms with van der Waals surface area (Å²) in [6, 6.07) is 0. The van der Waals surface area contributed by atoms with E-state index in [4.69, 9.17) is 4.74 Å². The molecule has 1 amide bonds. The van der Waals surface area contributed by atoms with Gasteiger partial charge >= 0.3 is 0 Å². The van der Waals surface area contributed by atoms with Crippen molar-refractivity contribution in [2.45, 2.75) is 148 Å². The summed E-state index contributed by atoms with van der Waals surface area (Å²) in [5.74, 6) is 0.154. The molecule has 37 heavy (non-hydrogen) atoms. The van der Waals surface area contributed by atoms with Crippen LogP contribution in [0.2, 0.25) is 0 Å². The zero-order valence-corrected chi connectivity index (χ0v) is 24.8. The Morgan fingerprint density at radius 2 is 1.19 bits per heavy atom. The molecule has 0 heterocycles. The number of ether oxygens (including phenoxy) is 1. The summed E-state index contributed by atoms with van der Waals surface area (Å²) in [6.45, 7) is 8.60. The van der Waals surface area contributed by atoms with Crippen molar-refractivity contribution in [3.8, 4) is 0 Å². The van der Waals surface area contributed by atoms with Crippen molar-refractivity contribution < 1.29 is 19.7 Å². The van der Waals surface area contributed by atoms with E-state index < -0.39 is 6.10 Å². The van der Waals surface area contributed by atoms with Crippen LogP contribution < -0.4 is 5.32 Å². The lowest BCUT2D eigenvalue weighted by atomic mass is 10.1. The Bertz CT molecular complexity index is 464. The number of carbonyl (C=O) groups is 1. The topological polar surface area (TPSA) is 82.0 Å². The second-order valence-corrected chi connectivity index (χ2v) is 10.9. The second kappa shape index (κ2) is 29.9. The summed E-state index contributed by atoms with van der Waals surface area (Å²) in [7, 11) is 0. The van der Waals surface area contributed by atoms with Crippen LogP contribution >= 0.6 is 0 Å². The molecule has 6 heteroatoms. The first kappa shape index (κ1) is 36.3. The molecule has 0 aliphatic rings. The molecule has 0 radical (unpaired) electrons. The number of aliphatic hydroxyl groups excluding tert-OH is 2. The molecule has 0 saturated heterocycles. The molecule has 0 aromatic heterocycles. The quantitative estimate of drug-likeness (QED) is 0.0913. The third-order valence-corrected chi connectivity index (χ3v) is 7.07. The first-order valence-electron chi connectivity index (χ1n) is 16.0. The summed E-state index contributed by atoms with van der Waals surface area (Å²) >= 11 is 0. The molecule has 1 atom stereocenters. The third-order valence-electron chi connectivity index (χ3n) is 7.07. The lowest BCUT2D eigenvalue weighted by molar-refractivity contribution is -0.121. The lowest BCUT2D eigenvalue weighted by Crippen LogP contribution is -2.37. The predicted octanol–water partition coefficient (Wildman–Crippen LogP) is 6.62. The fourth-order valence-electron chi connectivity index (χ4n) is 4.70. The van der Waals surface area contributed by atoms with Crippen molar-refractivity contribution in [1.29, 1.82) is 0 Å². The van der Waals surface area contributed by atoms with Gasteiger partial charge in [0.2, 0.25) is 5.91 Å². The van der Waals surface area contributed by atoms with Crippen molar-refractivity contribution >= 4 is 5.91 Å². The number of unbranched alkanes of at least 4 members (excludes halogenated alkanes) is 15. The summed E-state index contributed by atoms with van der Waals surface area (Å²) < 4.78 is 5.78.